The van der Waals surface area contributed by atoms with Crippen LogP contribution in [-0.2, 0) is 9.47 Å². The normalized spacial score (nSPS) is 39.3. The zero-order valence-corrected chi connectivity index (χ0v) is 12.1. The maximum absolute atomic E-state index is 6.53. The molecule has 0 spiro atoms. The molecule has 0 saturated carbocycles. The second kappa shape index (κ2) is 3.89. The molecule has 22 heavy (non-hydrogen) atoms. The van der Waals surface area contributed by atoms with Gasteiger partial charge in [0, 0.05) is 11.8 Å². The summed E-state index contributed by atoms with van der Waals surface area (Å²) >= 11 is 0. The molecule has 0 aromatic heterocycles. The molecule has 3 aliphatic heterocycles. The molecule has 2 aromatic carbocycles. The van der Waals surface area contributed by atoms with Gasteiger partial charge < -0.3 is 9.47 Å². The van der Waals surface area contributed by atoms with Crippen LogP contribution in [0.1, 0.15) is 40.6 Å². The van der Waals surface area contributed by atoms with Crippen LogP contribution < -0.4 is 0 Å². The van der Waals surface area contributed by atoms with Gasteiger partial charge in [0.25, 0.3) is 0 Å². The van der Waals surface area contributed by atoms with E-state index in [2.05, 4.69) is 60.7 Å². The first kappa shape index (κ1) is 11.6. The van der Waals surface area contributed by atoms with Crippen molar-refractivity contribution in [1.29, 1.82) is 0 Å². The maximum Gasteiger partial charge on any atom is 0.110 e. The Bertz CT molecular complexity index is 809. The van der Waals surface area contributed by atoms with Crippen molar-refractivity contribution in [3.63, 3.8) is 0 Å². The number of ether oxygens (including phenoxy) is 2. The van der Waals surface area contributed by atoms with Gasteiger partial charge in [-0.1, -0.05) is 60.7 Å². The van der Waals surface area contributed by atoms with E-state index in [9.17, 15) is 0 Å². The van der Waals surface area contributed by atoms with Crippen LogP contribution in [0.25, 0.3) is 6.08 Å². The molecule has 0 amide bonds. The highest BCUT2D eigenvalue weighted by Crippen LogP contribution is 2.64. The molecule has 2 fully saturated rings. The third-order valence-corrected chi connectivity index (χ3v) is 5.83. The highest BCUT2D eigenvalue weighted by molar-refractivity contribution is 5.59. The number of rotatable bonds is 0. The van der Waals surface area contributed by atoms with E-state index >= 15 is 0 Å². The maximum atomic E-state index is 6.53. The topological polar surface area (TPSA) is 18.5 Å². The van der Waals surface area contributed by atoms with Crippen molar-refractivity contribution in [1.82, 2.24) is 0 Å². The van der Waals surface area contributed by atoms with Crippen molar-refractivity contribution in [3.8, 4) is 0 Å². The first-order valence-corrected chi connectivity index (χ1v) is 8.09. The summed E-state index contributed by atoms with van der Waals surface area (Å²) < 4.78 is 12.8. The van der Waals surface area contributed by atoms with E-state index in [1.165, 1.54) is 22.3 Å². The lowest BCUT2D eigenvalue weighted by atomic mass is 9.73. The Kier molecular flexibility index (Phi) is 2.06. The first-order chi connectivity index (χ1) is 10.9. The van der Waals surface area contributed by atoms with Gasteiger partial charge in [-0.05, 0) is 22.3 Å². The van der Waals surface area contributed by atoms with E-state index in [0.717, 1.165) is 0 Å². The zero-order valence-electron chi connectivity index (χ0n) is 12.1. The predicted octanol–water partition coefficient (Wildman–Crippen LogP) is 4.21. The van der Waals surface area contributed by atoms with Gasteiger partial charge in [0.15, 0.2) is 0 Å². The van der Waals surface area contributed by atoms with Crippen LogP contribution in [0.3, 0.4) is 0 Å². The molecule has 2 aromatic rings. The minimum Gasteiger partial charge on any atom is -0.366 e. The summed E-state index contributed by atoms with van der Waals surface area (Å²) in [4.78, 5) is 0. The van der Waals surface area contributed by atoms with Crippen molar-refractivity contribution in [2.24, 2.45) is 11.8 Å². The Morgan fingerprint density at radius 1 is 0.682 bits per heavy atom. The second-order valence-electron chi connectivity index (χ2n) is 6.77. The summed E-state index contributed by atoms with van der Waals surface area (Å²) in [7, 11) is 0. The third-order valence-electron chi connectivity index (χ3n) is 5.83. The molecule has 6 atom stereocenters. The van der Waals surface area contributed by atoms with Gasteiger partial charge in [-0.2, -0.15) is 0 Å². The molecule has 2 bridgehead atoms. The standard InChI is InChI=1S/C20H16O2/c1-2-6-12-11(5-1)9-10-15-16-18-13-7-3-4-8-14(13)19(22-18)20(16)21-17(12)15/h1-10,15-20H/t15-,16-,17-,18-,19+,20-/m1/s1. The SMILES string of the molecule is C1=C[C@@H]2[C@H]3[C@@H](O[C@@H]2c2ccccc21)[C@H]1O[C@@H]3c2ccccc21. The van der Waals surface area contributed by atoms with Crippen LogP contribution in [0.5, 0.6) is 0 Å². The van der Waals surface area contributed by atoms with Crippen LogP contribution in [0, 0.1) is 11.8 Å². The quantitative estimate of drug-likeness (QED) is 0.723. The second-order valence-corrected chi connectivity index (χ2v) is 6.77. The van der Waals surface area contributed by atoms with E-state index in [1.807, 2.05) is 0 Å². The molecule has 108 valence electrons. The predicted molar refractivity (Wildman–Crippen MR) is 83.1 cm³/mol. The molecule has 0 N–H and O–H groups in total. The van der Waals surface area contributed by atoms with Crippen molar-refractivity contribution in [2.45, 2.75) is 24.4 Å². The van der Waals surface area contributed by atoms with E-state index < -0.39 is 0 Å². The van der Waals surface area contributed by atoms with Crippen LogP contribution in [-0.4, -0.2) is 6.10 Å². The van der Waals surface area contributed by atoms with Gasteiger partial charge in [0.05, 0.1) is 18.3 Å². The average molecular weight is 288 g/mol. The molecule has 0 unspecified atom stereocenters. The number of benzene rings is 2. The van der Waals surface area contributed by atoms with Crippen molar-refractivity contribution in [3.05, 3.63) is 76.9 Å². The zero-order chi connectivity index (χ0) is 14.3. The van der Waals surface area contributed by atoms with Gasteiger partial charge in [0.1, 0.15) is 6.10 Å². The van der Waals surface area contributed by atoms with Crippen LogP contribution in [0.4, 0.5) is 0 Å². The Balaban J connectivity index is 1.48. The summed E-state index contributed by atoms with van der Waals surface area (Å²) in [5.41, 5.74) is 5.36. The number of hydrogen-bond acceptors (Lipinski definition) is 2. The largest absolute Gasteiger partial charge is 0.366 e. The Morgan fingerprint density at radius 3 is 2.27 bits per heavy atom. The third kappa shape index (κ3) is 1.25. The van der Waals surface area contributed by atoms with Gasteiger partial charge >= 0.3 is 0 Å². The molecule has 2 nitrogen and oxygen atoms in total. The fourth-order valence-corrected chi connectivity index (χ4v) is 4.95. The molecular weight excluding hydrogens is 272 g/mol. The fraction of sp³-hybridized carbons (Fsp3) is 0.300. The van der Waals surface area contributed by atoms with Gasteiger partial charge in [-0.3, -0.25) is 0 Å². The van der Waals surface area contributed by atoms with Crippen molar-refractivity contribution < 1.29 is 9.47 Å². The minimum atomic E-state index is 0.123. The van der Waals surface area contributed by atoms with E-state index in [-0.39, 0.29) is 24.4 Å². The van der Waals surface area contributed by atoms with Crippen molar-refractivity contribution >= 4 is 6.08 Å². The lowest BCUT2D eigenvalue weighted by Crippen LogP contribution is -2.26. The van der Waals surface area contributed by atoms with Gasteiger partial charge in [0.2, 0.25) is 0 Å². The molecular formula is C20H16O2. The highest BCUT2D eigenvalue weighted by Gasteiger charge is 2.61. The number of fused-ring (bicyclic) bond motifs is 12. The van der Waals surface area contributed by atoms with Crippen molar-refractivity contribution in [2.75, 3.05) is 0 Å². The molecule has 3 heterocycles. The summed E-state index contributed by atoms with van der Waals surface area (Å²) in [6, 6.07) is 17.3. The molecule has 2 saturated heterocycles. The molecule has 6 rings (SSSR count). The highest BCUT2D eigenvalue weighted by atomic mass is 16.6. The molecule has 1 aliphatic carbocycles. The van der Waals surface area contributed by atoms with E-state index in [4.69, 9.17) is 9.47 Å². The minimum absolute atomic E-state index is 0.123. The smallest absolute Gasteiger partial charge is 0.110 e. The fourth-order valence-electron chi connectivity index (χ4n) is 4.95. The lowest BCUT2D eigenvalue weighted by molar-refractivity contribution is -0.0396. The Hall–Kier alpha value is -1.90. The lowest BCUT2D eigenvalue weighted by Gasteiger charge is -2.27. The monoisotopic (exact) mass is 288 g/mol. The first-order valence-electron chi connectivity index (χ1n) is 8.09. The average Bonchev–Trinajstić information content (AvgIpc) is 3.23. The van der Waals surface area contributed by atoms with Gasteiger partial charge in [-0.15, -0.1) is 0 Å². The summed E-state index contributed by atoms with van der Waals surface area (Å²) in [6.07, 6.45) is 5.34. The van der Waals surface area contributed by atoms with E-state index in [0.29, 0.717) is 11.8 Å². The molecule has 0 radical (unpaired) electrons. The summed E-state index contributed by atoms with van der Waals surface area (Å²) in [6.45, 7) is 0. The summed E-state index contributed by atoms with van der Waals surface area (Å²) in [5.74, 6) is 0.887. The van der Waals surface area contributed by atoms with Crippen LogP contribution in [0.2, 0.25) is 0 Å². The molecule has 2 heteroatoms. The van der Waals surface area contributed by atoms with Gasteiger partial charge in [-0.25, -0.2) is 0 Å². The Labute approximate surface area is 129 Å². The van der Waals surface area contributed by atoms with Crippen LogP contribution >= 0.6 is 0 Å². The van der Waals surface area contributed by atoms with E-state index in [1.54, 1.807) is 0 Å². The summed E-state index contributed by atoms with van der Waals surface area (Å²) in [5, 5.41) is 0. The van der Waals surface area contributed by atoms with Crippen LogP contribution in [0.15, 0.2) is 54.6 Å². The Morgan fingerprint density at radius 2 is 1.41 bits per heavy atom. The number of hydrogen-bond donors (Lipinski definition) is 0. The molecule has 4 aliphatic rings.